The van der Waals surface area contributed by atoms with Gasteiger partial charge in [-0.2, -0.15) is 0 Å². The predicted octanol–water partition coefficient (Wildman–Crippen LogP) is 15.5. The van der Waals surface area contributed by atoms with Crippen LogP contribution in [0.5, 0.6) is 0 Å². The van der Waals surface area contributed by atoms with Crippen LogP contribution in [0.15, 0.2) is 205 Å². The smallest absolute Gasteiger partial charge is 0.143 e. The van der Waals surface area contributed by atoms with Gasteiger partial charge in [0.05, 0.1) is 0 Å². The first-order chi connectivity index (χ1) is 28.0. The molecule has 0 radical (unpaired) electrons. The van der Waals surface area contributed by atoms with Gasteiger partial charge in [-0.05, 0) is 103 Å². The van der Waals surface area contributed by atoms with Crippen molar-refractivity contribution in [2.45, 2.75) is 19.3 Å². The highest BCUT2D eigenvalue weighted by Crippen LogP contribution is 2.51. The summed E-state index contributed by atoms with van der Waals surface area (Å²) in [6.07, 6.45) is 0. The number of fused-ring (bicyclic) bond motifs is 8. The molecule has 270 valence electrons. The van der Waals surface area contributed by atoms with Gasteiger partial charge in [0.25, 0.3) is 0 Å². The van der Waals surface area contributed by atoms with Crippen LogP contribution in [-0.2, 0) is 5.41 Å². The molecule has 0 aliphatic heterocycles. The summed E-state index contributed by atoms with van der Waals surface area (Å²) in [5, 5.41) is 4.72. The minimum atomic E-state index is -0.104. The van der Waals surface area contributed by atoms with Crippen LogP contribution in [0.3, 0.4) is 0 Å². The van der Waals surface area contributed by atoms with Crippen LogP contribution in [0.1, 0.15) is 25.0 Å². The molecule has 0 fully saturated rings. The third-order valence-electron chi connectivity index (χ3n) is 12.1. The second-order valence-electron chi connectivity index (χ2n) is 15.7. The van der Waals surface area contributed by atoms with E-state index >= 15 is 0 Å². The maximum atomic E-state index is 6.85. The van der Waals surface area contributed by atoms with Gasteiger partial charge in [0.2, 0.25) is 0 Å². The van der Waals surface area contributed by atoms with Crippen LogP contribution in [0.2, 0.25) is 0 Å². The fourth-order valence-corrected chi connectivity index (χ4v) is 9.25. The monoisotopic (exact) mass is 729 g/mol. The van der Waals surface area contributed by atoms with Crippen LogP contribution in [0, 0.1) is 0 Å². The van der Waals surface area contributed by atoms with E-state index in [9.17, 15) is 0 Å². The number of furan rings is 1. The van der Waals surface area contributed by atoms with E-state index in [1.54, 1.807) is 0 Å². The average Bonchev–Trinajstić information content (AvgIpc) is 3.76. The van der Waals surface area contributed by atoms with Crippen molar-refractivity contribution in [3.8, 4) is 44.5 Å². The zero-order valence-electron chi connectivity index (χ0n) is 31.9. The van der Waals surface area contributed by atoms with Crippen molar-refractivity contribution in [1.29, 1.82) is 0 Å². The van der Waals surface area contributed by atoms with Crippen molar-refractivity contribution in [1.82, 2.24) is 0 Å². The molecule has 1 aliphatic carbocycles. The zero-order valence-corrected chi connectivity index (χ0v) is 31.9. The molecule has 0 N–H and O–H groups in total. The van der Waals surface area contributed by atoms with Crippen molar-refractivity contribution in [3.63, 3.8) is 0 Å². The van der Waals surface area contributed by atoms with Crippen molar-refractivity contribution < 1.29 is 4.42 Å². The number of anilines is 3. The summed E-state index contributed by atoms with van der Waals surface area (Å²) in [5.41, 5.74) is 17.4. The molecule has 1 aromatic heterocycles. The third-order valence-corrected chi connectivity index (χ3v) is 12.1. The summed E-state index contributed by atoms with van der Waals surface area (Å²) in [7, 11) is 0. The normalized spacial score (nSPS) is 12.9. The van der Waals surface area contributed by atoms with Crippen LogP contribution in [-0.4, -0.2) is 0 Å². The van der Waals surface area contributed by atoms with Crippen LogP contribution < -0.4 is 4.90 Å². The zero-order chi connectivity index (χ0) is 38.1. The van der Waals surface area contributed by atoms with Crippen LogP contribution in [0.4, 0.5) is 17.1 Å². The lowest BCUT2D eigenvalue weighted by atomic mass is 9.82. The molecule has 0 bridgehead atoms. The van der Waals surface area contributed by atoms with Crippen LogP contribution in [0.25, 0.3) is 77.2 Å². The molecule has 2 nitrogen and oxygen atoms in total. The van der Waals surface area contributed by atoms with Crippen molar-refractivity contribution in [3.05, 3.63) is 211 Å². The summed E-state index contributed by atoms with van der Waals surface area (Å²) < 4.78 is 6.85. The Morgan fingerprint density at radius 1 is 0.368 bits per heavy atom. The fraction of sp³-hybridized carbons (Fsp3) is 0.0545. The summed E-state index contributed by atoms with van der Waals surface area (Å²) in [6, 6.07) is 72.4. The van der Waals surface area contributed by atoms with E-state index in [1.165, 1.54) is 55.3 Å². The lowest BCUT2D eigenvalue weighted by Crippen LogP contribution is -2.16. The van der Waals surface area contributed by atoms with Gasteiger partial charge < -0.3 is 9.32 Å². The van der Waals surface area contributed by atoms with Crippen molar-refractivity contribution in [2.75, 3.05) is 4.90 Å². The number of hydrogen-bond donors (Lipinski definition) is 0. The van der Waals surface area contributed by atoms with Gasteiger partial charge in [-0.1, -0.05) is 172 Å². The van der Waals surface area contributed by atoms with E-state index in [-0.39, 0.29) is 5.41 Å². The molecule has 0 spiro atoms. The standard InChI is InChI=1S/C55H39NO/c1-55(2)50-23-12-11-19-45(50)46-33-32-42(34-51(46)55)56(40-28-24-37(25-29-40)36-14-5-3-6-15-36)41-30-26-39(27-31-41)43-21-13-22-48-53-47-20-10-9-18-44(47)49(35-52(53)57-54(43)48)38-16-7-4-8-17-38/h3-35H,1-2H3. The molecule has 1 aliphatic rings. The minimum Gasteiger partial charge on any atom is -0.455 e. The molecule has 2 heteroatoms. The Morgan fingerprint density at radius 2 is 0.895 bits per heavy atom. The van der Waals surface area contributed by atoms with Crippen LogP contribution >= 0.6 is 0 Å². The van der Waals surface area contributed by atoms with Gasteiger partial charge in [-0.25, -0.2) is 0 Å². The largest absolute Gasteiger partial charge is 0.455 e. The fourth-order valence-electron chi connectivity index (χ4n) is 9.25. The van der Waals surface area contributed by atoms with E-state index in [0.29, 0.717) is 0 Å². The molecule has 0 saturated carbocycles. The van der Waals surface area contributed by atoms with E-state index in [0.717, 1.165) is 50.1 Å². The molecule has 0 unspecified atom stereocenters. The van der Waals surface area contributed by atoms with Gasteiger partial charge in [0.15, 0.2) is 0 Å². The maximum absolute atomic E-state index is 6.85. The minimum absolute atomic E-state index is 0.104. The second-order valence-corrected chi connectivity index (χ2v) is 15.7. The molecular formula is C55H39NO. The third kappa shape index (κ3) is 5.33. The highest BCUT2D eigenvalue weighted by Gasteiger charge is 2.35. The van der Waals surface area contributed by atoms with E-state index < -0.39 is 0 Å². The maximum Gasteiger partial charge on any atom is 0.143 e. The average molecular weight is 730 g/mol. The number of para-hydroxylation sites is 1. The van der Waals surface area contributed by atoms with E-state index in [2.05, 4.69) is 219 Å². The van der Waals surface area contributed by atoms with E-state index in [1.807, 2.05) is 0 Å². The summed E-state index contributed by atoms with van der Waals surface area (Å²) in [5.74, 6) is 0. The Morgan fingerprint density at radius 3 is 1.63 bits per heavy atom. The van der Waals surface area contributed by atoms with Gasteiger partial charge in [-0.15, -0.1) is 0 Å². The second kappa shape index (κ2) is 13.0. The van der Waals surface area contributed by atoms with Gasteiger partial charge >= 0.3 is 0 Å². The van der Waals surface area contributed by atoms with Gasteiger partial charge in [0.1, 0.15) is 11.2 Å². The van der Waals surface area contributed by atoms with Gasteiger partial charge in [0, 0.05) is 38.8 Å². The Bertz CT molecular complexity index is 3120. The molecule has 9 aromatic carbocycles. The highest BCUT2D eigenvalue weighted by molar-refractivity contribution is 6.23. The lowest BCUT2D eigenvalue weighted by molar-refractivity contribution is 0.660. The number of nitrogens with zero attached hydrogens (tertiary/aromatic N) is 1. The van der Waals surface area contributed by atoms with Gasteiger partial charge in [-0.3, -0.25) is 0 Å². The predicted molar refractivity (Wildman–Crippen MR) is 240 cm³/mol. The highest BCUT2D eigenvalue weighted by atomic mass is 16.3. The summed E-state index contributed by atoms with van der Waals surface area (Å²) in [6.45, 7) is 4.69. The summed E-state index contributed by atoms with van der Waals surface area (Å²) in [4.78, 5) is 2.39. The molecule has 1 heterocycles. The summed E-state index contributed by atoms with van der Waals surface area (Å²) >= 11 is 0. The first kappa shape index (κ1) is 33.2. The molecule has 0 saturated heterocycles. The molecule has 10 aromatic rings. The molecular weight excluding hydrogens is 691 g/mol. The Labute approximate surface area is 332 Å². The number of rotatable bonds is 6. The van der Waals surface area contributed by atoms with E-state index in [4.69, 9.17) is 4.42 Å². The Balaban J connectivity index is 1.03. The molecule has 57 heavy (non-hydrogen) atoms. The molecule has 11 rings (SSSR count). The van der Waals surface area contributed by atoms with Crippen molar-refractivity contribution in [2.24, 2.45) is 0 Å². The first-order valence-electron chi connectivity index (χ1n) is 19.8. The Hall–Kier alpha value is -7.16. The molecule has 0 atom stereocenters. The lowest BCUT2D eigenvalue weighted by Gasteiger charge is -2.28. The topological polar surface area (TPSA) is 16.4 Å². The first-order valence-corrected chi connectivity index (χ1v) is 19.8. The van der Waals surface area contributed by atoms with Crippen molar-refractivity contribution >= 4 is 49.8 Å². The Kier molecular flexibility index (Phi) is 7.55. The quantitative estimate of drug-likeness (QED) is 0.169. The SMILES string of the molecule is CC1(C)c2ccccc2-c2ccc(N(c3ccc(-c4ccccc4)cc3)c3ccc(-c4cccc5c4oc4cc(-c6ccccc6)c6ccccc6c45)cc3)cc21. The molecule has 0 amide bonds. The number of benzene rings is 9. The number of hydrogen-bond acceptors (Lipinski definition) is 2.